The van der Waals surface area contributed by atoms with Gasteiger partial charge in [-0.25, -0.2) is 9.97 Å². The first-order valence-electron chi connectivity index (χ1n) is 9.18. The minimum absolute atomic E-state index is 0.516. The maximum atomic E-state index is 5.71. The Morgan fingerprint density at radius 2 is 1.73 bits per heavy atom. The summed E-state index contributed by atoms with van der Waals surface area (Å²) in [6.07, 6.45) is 10.3. The van der Waals surface area contributed by atoms with E-state index in [4.69, 9.17) is 5.73 Å². The Bertz CT molecular complexity index is 849. The van der Waals surface area contributed by atoms with E-state index in [2.05, 4.69) is 26.2 Å². The van der Waals surface area contributed by atoms with Crippen LogP contribution >= 0.6 is 0 Å². The Labute approximate surface area is 153 Å². The Morgan fingerprint density at radius 3 is 2.50 bits per heavy atom. The number of nitrogens with zero attached hydrogens (tertiary/aromatic N) is 5. The lowest BCUT2D eigenvalue weighted by atomic mass is 10.1. The number of benzene rings is 1. The first kappa shape index (κ1) is 16.9. The second-order valence-corrected chi connectivity index (χ2v) is 6.74. The molecule has 0 bridgehead atoms. The summed E-state index contributed by atoms with van der Waals surface area (Å²) >= 11 is 0. The first-order chi connectivity index (χ1) is 12.8. The summed E-state index contributed by atoms with van der Waals surface area (Å²) in [5, 5.41) is 4.48. The largest absolute Gasteiger partial charge is 0.326 e. The van der Waals surface area contributed by atoms with E-state index in [1.807, 2.05) is 47.5 Å². The van der Waals surface area contributed by atoms with Gasteiger partial charge in [-0.15, -0.1) is 0 Å². The molecule has 0 saturated carbocycles. The number of nitrogens with two attached hydrogens (primary N) is 1. The van der Waals surface area contributed by atoms with Crippen LogP contribution in [0.3, 0.4) is 0 Å². The molecular formula is C20H24N6. The molecule has 6 heteroatoms. The molecule has 0 amide bonds. The molecule has 134 valence electrons. The summed E-state index contributed by atoms with van der Waals surface area (Å²) < 4.78 is 2.01. The minimum Gasteiger partial charge on any atom is -0.326 e. The molecule has 1 aliphatic heterocycles. The maximum Gasteiger partial charge on any atom is 0.159 e. The van der Waals surface area contributed by atoms with E-state index in [0.29, 0.717) is 12.4 Å². The van der Waals surface area contributed by atoms with Gasteiger partial charge in [0, 0.05) is 48.4 Å². The molecule has 0 radical (unpaired) electrons. The van der Waals surface area contributed by atoms with Gasteiger partial charge in [-0.2, -0.15) is 5.10 Å². The zero-order chi connectivity index (χ0) is 17.8. The van der Waals surface area contributed by atoms with Crippen LogP contribution in [0.4, 0.5) is 0 Å². The summed E-state index contributed by atoms with van der Waals surface area (Å²) in [6.45, 7) is 4.94. The highest BCUT2D eigenvalue weighted by atomic mass is 15.3. The van der Waals surface area contributed by atoms with E-state index in [1.54, 1.807) is 0 Å². The Hall–Kier alpha value is -2.57. The van der Waals surface area contributed by atoms with E-state index in [-0.39, 0.29) is 0 Å². The Balaban J connectivity index is 1.44. The van der Waals surface area contributed by atoms with Crippen molar-refractivity contribution >= 4 is 0 Å². The quantitative estimate of drug-likeness (QED) is 0.741. The fourth-order valence-electron chi connectivity index (χ4n) is 3.35. The van der Waals surface area contributed by atoms with Gasteiger partial charge in [-0.1, -0.05) is 18.2 Å². The molecule has 2 N–H and O–H groups in total. The lowest BCUT2D eigenvalue weighted by Crippen LogP contribution is -2.24. The van der Waals surface area contributed by atoms with Crippen LogP contribution in [0.5, 0.6) is 0 Å². The normalized spacial score (nSPS) is 14.8. The van der Waals surface area contributed by atoms with Crippen LogP contribution in [-0.4, -0.2) is 44.3 Å². The molecule has 0 spiro atoms. The van der Waals surface area contributed by atoms with Gasteiger partial charge in [0.2, 0.25) is 0 Å². The smallest absolute Gasteiger partial charge is 0.159 e. The fraction of sp³-hybridized carbons (Fsp3) is 0.350. The molecule has 1 fully saturated rings. The number of likely N-dealkylation sites (tertiary alicyclic amines) is 1. The molecule has 2 aromatic heterocycles. The highest BCUT2D eigenvalue weighted by Gasteiger charge is 2.11. The molecule has 0 unspecified atom stereocenters. The summed E-state index contributed by atoms with van der Waals surface area (Å²) in [5.74, 6) is 0.713. The molecule has 1 saturated heterocycles. The Kier molecular flexibility index (Phi) is 5.04. The highest BCUT2D eigenvalue weighted by Crippen LogP contribution is 2.20. The van der Waals surface area contributed by atoms with E-state index >= 15 is 0 Å². The second-order valence-electron chi connectivity index (χ2n) is 6.74. The third kappa shape index (κ3) is 3.81. The third-order valence-corrected chi connectivity index (χ3v) is 4.88. The zero-order valence-corrected chi connectivity index (χ0v) is 14.9. The van der Waals surface area contributed by atoms with Crippen LogP contribution in [0, 0.1) is 0 Å². The van der Waals surface area contributed by atoms with Crippen LogP contribution in [0.25, 0.3) is 22.5 Å². The predicted octanol–water partition coefficient (Wildman–Crippen LogP) is 2.56. The van der Waals surface area contributed by atoms with Gasteiger partial charge in [0.15, 0.2) is 5.82 Å². The zero-order valence-electron chi connectivity index (χ0n) is 14.9. The van der Waals surface area contributed by atoms with E-state index in [9.17, 15) is 0 Å². The summed E-state index contributed by atoms with van der Waals surface area (Å²) in [6, 6.07) is 8.03. The van der Waals surface area contributed by atoms with Crippen molar-refractivity contribution in [2.24, 2.45) is 5.73 Å². The van der Waals surface area contributed by atoms with E-state index in [0.717, 1.165) is 35.3 Å². The minimum atomic E-state index is 0.516. The number of hydrogen-bond acceptors (Lipinski definition) is 5. The molecule has 1 aliphatic rings. The number of rotatable bonds is 6. The van der Waals surface area contributed by atoms with Crippen molar-refractivity contribution in [3.8, 4) is 22.5 Å². The van der Waals surface area contributed by atoms with Gasteiger partial charge in [-0.05, 0) is 37.6 Å². The van der Waals surface area contributed by atoms with E-state index in [1.165, 1.54) is 25.9 Å². The molecule has 0 atom stereocenters. The van der Waals surface area contributed by atoms with Gasteiger partial charge in [0.05, 0.1) is 12.7 Å². The van der Waals surface area contributed by atoms with Crippen molar-refractivity contribution in [3.63, 3.8) is 0 Å². The molecule has 0 aliphatic carbocycles. The fourth-order valence-corrected chi connectivity index (χ4v) is 3.35. The average molecular weight is 348 g/mol. The van der Waals surface area contributed by atoms with Crippen molar-refractivity contribution < 1.29 is 0 Å². The van der Waals surface area contributed by atoms with Crippen LogP contribution in [0.15, 0.2) is 49.1 Å². The molecule has 4 rings (SSSR count). The summed E-state index contributed by atoms with van der Waals surface area (Å²) in [7, 11) is 0. The number of hydrogen-bond donors (Lipinski definition) is 1. The molecule has 26 heavy (non-hydrogen) atoms. The summed E-state index contributed by atoms with van der Waals surface area (Å²) in [5.41, 5.74) is 9.81. The lowest BCUT2D eigenvalue weighted by molar-refractivity contribution is 0.316. The van der Waals surface area contributed by atoms with Crippen LogP contribution in [0.2, 0.25) is 0 Å². The first-order valence-corrected chi connectivity index (χ1v) is 9.18. The van der Waals surface area contributed by atoms with Gasteiger partial charge in [-0.3, -0.25) is 4.68 Å². The van der Waals surface area contributed by atoms with Crippen molar-refractivity contribution in [1.29, 1.82) is 0 Å². The van der Waals surface area contributed by atoms with Gasteiger partial charge in [0.1, 0.15) is 0 Å². The van der Waals surface area contributed by atoms with Crippen molar-refractivity contribution in [3.05, 3.63) is 54.6 Å². The van der Waals surface area contributed by atoms with Gasteiger partial charge >= 0.3 is 0 Å². The molecule has 3 aromatic rings. The molecular weight excluding hydrogens is 324 g/mol. The van der Waals surface area contributed by atoms with Crippen molar-refractivity contribution in [2.45, 2.75) is 25.9 Å². The third-order valence-electron chi connectivity index (χ3n) is 4.88. The van der Waals surface area contributed by atoms with Crippen LogP contribution < -0.4 is 5.73 Å². The monoisotopic (exact) mass is 348 g/mol. The molecule has 3 heterocycles. The average Bonchev–Trinajstić information content (AvgIpc) is 3.38. The lowest BCUT2D eigenvalue weighted by Gasteiger charge is -2.13. The van der Waals surface area contributed by atoms with Crippen LogP contribution in [0.1, 0.15) is 18.4 Å². The van der Waals surface area contributed by atoms with Gasteiger partial charge in [0.25, 0.3) is 0 Å². The molecule has 6 nitrogen and oxygen atoms in total. The summed E-state index contributed by atoms with van der Waals surface area (Å²) in [4.78, 5) is 11.5. The highest BCUT2D eigenvalue weighted by molar-refractivity contribution is 5.62. The van der Waals surface area contributed by atoms with Crippen LogP contribution in [-0.2, 0) is 13.1 Å². The SMILES string of the molecule is NCc1cccc(-c2ncc(-c3cnn(CCN4CCCC4)c3)cn2)c1. The maximum absolute atomic E-state index is 5.71. The van der Waals surface area contributed by atoms with E-state index < -0.39 is 0 Å². The predicted molar refractivity (Wildman–Crippen MR) is 102 cm³/mol. The van der Waals surface area contributed by atoms with Gasteiger partial charge < -0.3 is 10.6 Å². The Morgan fingerprint density at radius 1 is 0.923 bits per heavy atom. The number of aromatic nitrogens is 4. The second kappa shape index (κ2) is 7.76. The van der Waals surface area contributed by atoms with Crippen molar-refractivity contribution in [1.82, 2.24) is 24.6 Å². The standard InChI is InChI=1S/C20H24N6/c21-11-16-4-3-5-17(10-16)20-22-12-18(13-23-20)19-14-24-26(15-19)9-8-25-6-1-2-7-25/h3-5,10,12-15H,1-2,6-9,11,21H2. The molecule has 1 aromatic carbocycles. The van der Waals surface area contributed by atoms with Crippen molar-refractivity contribution in [2.75, 3.05) is 19.6 Å². The topological polar surface area (TPSA) is 72.9 Å².